The van der Waals surface area contributed by atoms with Crippen LogP contribution in [0.1, 0.15) is 33.6 Å². The first-order valence-corrected chi connectivity index (χ1v) is 5.34. The van der Waals surface area contributed by atoms with Crippen LogP contribution in [0.2, 0.25) is 0 Å². The van der Waals surface area contributed by atoms with E-state index < -0.39 is 11.7 Å². The Morgan fingerprint density at radius 3 is 2.53 bits per heavy atom. The normalized spacial score (nSPS) is 25.6. The summed E-state index contributed by atoms with van der Waals surface area (Å²) in [4.78, 5) is 11.2. The van der Waals surface area contributed by atoms with E-state index in [2.05, 4.69) is 10.9 Å². The molecule has 0 heterocycles. The van der Waals surface area contributed by atoms with Crippen LogP contribution < -0.4 is 16.6 Å². The monoisotopic (exact) mass is 215 g/mol. The number of hydrogen-bond acceptors (Lipinski definition) is 4. The van der Waals surface area contributed by atoms with Gasteiger partial charge in [0, 0.05) is 12.6 Å². The second-order valence-corrected chi connectivity index (χ2v) is 5.11. The fourth-order valence-corrected chi connectivity index (χ4v) is 1.53. The van der Waals surface area contributed by atoms with Gasteiger partial charge in [0.2, 0.25) is 0 Å². The van der Waals surface area contributed by atoms with Crippen LogP contribution in [0.15, 0.2) is 0 Å². The molecule has 4 N–H and O–H groups in total. The van der Waals surface area contributed by atoms with E-state index in [1.807, 2.05) is 20.8 Å². The average molecular weight is 215 g/mol. The second kappa shape index (κ2) is 4.81. The summed E-state index contributed by atoms with van der Waals surface area (Å²) < 4.78 is 5.06. The maximum atomic E-state index is 11.2. The summed E-state index contributed by atoms with van der Waals surface area (Å²) in [7, 11) is 0. The molecule has 15 heavy (non-hydrogen) atoms. The molecule has 1 fully saturated rings. The highest BCUT2D eigenvalue weighted by Gasteiger charge is 2.25. The fourth-order valence-electron chi connectivity index (χ4n) is 1.53. The molecule has 1 saturated carbocycles. The Kier molecular flexibility index (Phi) is 3.93. The Morgan fingerprint density at radius 1 is 1.47 bits per heavy atom. The number of ether oxygens (including phenoxy) is 1. The van der Waals surface area contributed by atoms with Crippen LogP contribution in [-0.4, -0.2) is 24.3 Å². The summed E-state index contributed by atoms with van der Waals surface area (Å²) in [6, 6.07) is 0.346. The van der Waals surface area contributed by atoms with E-state index in [1.54, 1.807) is 0 Å². The minimum Gasteiger partial charge on any atom is -0.443 e. The van der Waals surface area contributed by atoms with Gasteiger partial charge in [-0.2, -0.15) is 0 Å². The van der Waals surface area contributed by atoms with E-state index >= 15 is 0 Å². The molecule has 0 spiro atoms. The number of nitrogens with two attached hydrogens (primary N) is 1. The molecule has 0 atom stereocenters. The first kappa shape index (κ1) is 12.3. The molecule has 0 aromatic rings. The Bertz CT molecular complexity index is 219. The number of nitrogens with one attached hydrogen (secondary N) is 2. The zero-order chi connectivity index (χ0) is 11.5. The van der Waals surface area contributed by atoms with E-state index in [0.29, 0.717) is 12.0 Å². The summed E-state index contributed by atoms with van der Waals surface area (Å²) in [5.41, 5.74) is 10.5. The van der Waals surface area contributed by atoms with E-state index in [4.69, 9.17) is 10.5 Å². The summed E-state index contributed by atoms with van der Waals surface area (Å²) in [6.07, 6.45) is 1.62. The molecule has 0 radical (unpaired) electrons. The van der Waals surface area contributed by atoms with Gasteiger partial charge in [-0.3, -0.25) is 5.43 Å². The molecular weight excluding hydrogens is 194 g/mol. The highest BCUT2D eigenvalue weighted by Crippen LogP contribution is 2.24. The maximum Gasteiger partial charge on any atom is 0.422 e. The molecule has 0 aliphatic heterocycles. The number of carbonyl (C=O) groups is 1. The standard InChI is InChI=1S/C10H21N3O2/c1-10(2,3)15-9(14)13-12-6-7-4-8(11)5-7/h7-8,12H,4-6,11H2,1-3H3,(H,13,14). The van der Waals surface area contributed by atoms with Crippen LogP contribution in [0.3, 0.4) is 0 Å². The number of hydrogen-bond donors (Lipinski definition) is 3. The Hall–Kier alpha value is -0.810. The van der Waals surface area contributed by atoms with Crippen molar-refractivity contribution in [1.82, 2.24) is 10.9 Å². The average Bonchev–Trinajstić information content (AvgIpc) is 1.97. The van der Waals surface area contributed by atoms with Crippen LogP contribution in [0.25, 0.3) is 0 Å². The van der Waals surface area contributed by atoms with Crippen molar-refractivity contribution in [2.45, 2.75) is 45.3 Å². The Morgan fingerprint density at radius 2 is 2.07 bits per heavy atom. The van der Waals surface area contributed by atoms with Crippen LogP contribution in [-0.2, 0) is 4.74 Å². The number of amides is 1. The zero-order valence-electron chi connectivity index (χ0n) is 9.67. The molecule has 5 nitrogen and oxygen atoms in total. The lowest BCUT2D eigenvalue weighted by molar-refractivity contribution is 0.0490. The van der Waals surface area contributed by atoms with Crippen molar-refractivity contribution in [2.24, 2.45) is 11.7 Å². The van der Waals surface area contributed by atoms with Crippen molar-refractivity contribution in [3.05, 3.63) is 0 Å². The van der Waals surface area contributed by atoms with E-state index in [0.717, 1.165) is 19.4 Å². The number of carbonyl (C=O) groups excluding carboxylic acids is 1. The van der Waals surface area contributed by atoms with Gasteiger partial charge in [-0.25, -0.2) is 10.2 Å². The van der Waals surface area contributed by atoms with Crippen molar-refractivity contribution in [2.75, 3.05) is 6.54 Å². The first-order chi connectivity index (χ1) is 6.87. The first-order valence-electron chi connectivity index (χ1n) is 5.34. The molecular formula is C10H21N3O2. The molecule has 1 aliphatic carbocycles. The number of hydrazine groups is 1. The summed E-state index contributed by atoms with van der Waals surface area (Å²) >= 11 is 0. The lowest BCUT2D eigenvalue weighted by Gasteiger charge is -2.32. The van der Waals surface area contributed by atoms with Gasteiger partial charge in [0.25, 0.3) is 0 Å². The topological polar surface area (TPSA) is 76.4 Å². The van der Waals surface area contributed by atoms with Crippen LogP contribution in [0, 0.1) is 5.92 Å². The summed E-state index contributed by atoms with van der Waals surface area (Å²) in [5, 5.41) is 0. The van der Waals surface area contributed by atoms with Gasteiger partial charge < -0.3 is 10.5 Å². The molecule has 0 unspecified atom stereocenters. The largest absolute Gasteiger partial charge is 0.443 e. The van der Waals surface area contributed by atoms with Gasteiger partial charge in [-0.15, -0.1) is 0 Å². The van der Waals surface area contributed by atoms with Gasteiger partial charge in [-0.1, -0.05) is 0 Å². The van der Waals surface area contributed by atoms with Gasteiger partial charge in [0.15, 0.2) is 0 Å². The van der Waals surface area contributed by atoms with Crippen molar-refractivity contribution in [1.29, 1.82) is 0 Å². The highest BCUT2D eigenvalue weighted by molar-refractivity contribution is 5.66. The molecule has 88 valence electrons. The minimum absolute atomic E-state index is 0.346. The molecule has 0 saturated heterocycles. The number of rotatable bonds is 3. The summed E-state index contributed by atoms with van der Waals surface area (Å²) in [5.74, 6) is 0.579. The molecule has 1 aliphatic rings. The fraction of sp³-hybridized carbons (Fsp3) is 0.900. The van der Waals surface area contributed by atoms with E-state index in [1.165, 1.54) is 0 Å². The van der Waals surface area contributed by atoms with Crippen LogP contribution >= 0.6 is 0 Å². The smallest absolute Gasteiger partial charge is 0.422 e. The molecule has 0 aromatic heterocycles. The van der Waals surface area contributed by atoms with Gasteiger partial charge in [-0.05, 0) is 39.5 Å². The van der Waals surface area contributed by atoms with E-state index in [9.17, 15) is 4.79 Å². The molecule has 0 bridgehead atoms. The highest BCUT2D eigenvalue weighted by atomic mass is 16.6. The maximum absolute atomic E-state index is 11.2. The van der Waals surface area contributed by atoms with Crippen LogP contribution in [0.5, 0.6) is 0 Å². The lowest BCUT2D eigenvalue weighted by Crippen LogP contribution is -2.47. The van der Waals surface area contributed by atoms with Crippen LogP contribution in [0.4, 0.5) is 4.79 Å². The van der Waals surface area contributed by atoms with Crippen molar-refractivity contribution >= 4 is 6.09 Å². The molecule has 1 amide bonds. The van der Waals surface area contributed by atoms with Gasteiger partial charge in [0.05, 0.1) is 0 Å². The van der Waals surface area contributed by atoms with Gasteiger partial charge in [0.1, 0.15) is 5.60 Å². The predicted molar refractivity (Wildman–Crippen MR) is 58.1 cm³/mol. The zero-order valence-corrected chi connectivity index (χ0v) is 9.67. The van der Waals surface area contributed by atoms with E-state index in [-0.39, 0.29) is 0 Å². The predicted octanol–water partition coefficient (Wildman–Crippen LogP) is 0.753. The minimum atomic E-state index is -0.454. The van der Waals surface area contributed by atoms with Crippen molar-refractivity contribution in [3.8, 4) is 0 Å². The third-order valence-corrected chi connectivity index (χ3v) is 2.25. The summed E-state index contributed by atoms with van der Waals surface area (Å²) in [6.45, 7) is 6.25. The quantitative estimate of drug-likeness (QED) is 0.607. The Labute approximate surface area is 90.7 Å². The third kappa shape index (κ3) is 4.99. The SMILES string of the molecule is CC(C)(C)OC(=O)NNCC1CC(N)C1. The third-order valence-electron chi connectivity index (χ3n) is 2.25. The second-order valence-electron chi connectivity index (χ2n) is 5.11. The lowest BCUT2D eigenvalue weighted by atomic mass is 9.81. The van der Waals surface area contributed by atoms with Gasteiger partial charge >= 0.3 is 6.09 Å². The Balaban J connectivity index is 2.02. The molecule has 5 heteroatoms. The van der Waals surface area contributed by atoms with Crippen molar-refractivity contribution < 1.29 is 9.53 Å². The van der Waals surface area contributed by atoms with Crippen molar-refractivity contribution in [3.63, 3.8) is 0 Å². The molecule has 0 aromatic carbocycles. The molecule has 1 rings (SSSR count).